The van der Waals surface area contributed by atoms with Crippen molar-refractivity contribution in [1.82, 2.24) is 14.8 Å². The standard InChI is InChI=1S/C10H11ClN4/c1-6-13-10(14-15(6)2)8-5-7(11)3-4-9(8)12/h3-5H,12H2,1-2H3. The summed E-state index contributed by atoms with van der Waals surface area (Å²) in [5.41, 5.74) is 7.23. The summed E-state index contributed by atoms with van der Waals surface area (Å²) in [6.07, 6.45) is 0. The molecule has 1 aromatic carbocycles. The summed E-state index contributed by atoms with van der Waals surface area (Å²) in [7, 11) is 1.84. The molecule has 0 unspecified atom stereocenters. The number of anilines is 1. The largest absolute Gasteiger partial charge is 0.398 e. The number of benzene rings is 1. The molecule has 0 atom stereocenters. The van der Waals surface area contributed by atoms with Crippen LogP contribution in [0.4, 0.5) is 5.69 Å². The van der Waals surface area contributed by atoms with Crippen LogP contribution in [0, 0.1) is 6.92 Å². The molecule has 5 heteroatoms. The van der Waals surface area contributed by atoms with Gasteiger partial charge < -0.3 is 5.73 Å². The van der Waals surface area contributed by atoms with Gasteiger partial charge in [0.1, 0.15) is 5.82 Å². The Morgan fingerprint density at radius 2 is 2.13 bits per heavy atom. The lowest BCUT2D eigenvalue weighted by Crippen LogP contribution is -1.94. The molecule has 78 valence electrons. The zero-order valence-corrected chi connectivity index (χ0v) is 9.28. The third-order valence-corrected chi connectivity index (χ3v) is 2.47. The molecule has 2 rings (SSSR count). The van der Waals surface area contributed by atoms with Gasteiger partial charge in [0, 0.05) is 23.3 Å². The number of halogens is 1. The van der Waals surface area contributed by atoms with Gasteiger partial charge in [0.2, 0.25) is 0 Å². The Labute approximate surface area is 92.7 Å². The van der Waals surface area contributed by atoms with E-state index in [0.29, 0.717) is 16.5 Å². The van der Waals surface area contributed by atoms with Crippen LogP contribution in [-0.2, 0) is 7.05 Å². The maximum absolute atomic E-state index is 5.90. The van der Waals surface area contributed by atoms with Crippen molar-refractivity contribution in [1.29, 1.82) is 0 Å². The summed E-state index contributed by atoms with van der Waals surface area (Å²) in [5.74, 6) is 1.44. The Morgan fingerprint density at radius 3 is 2.73 bits per heavy atom. The van der Waals surface area contributed by atoms with E-state index in [0.717, 1.165) is 11.4 Å². The topological polar surface area (TPSA) is 56.7 Å². The highest BCUT2D eigenvalue weighted by molar-refractivity contribution is 6.31. The minimum Gasteiger partial charge on any atom is -0.398 e. The summed E-state index contributed by atoms with van der Waals surface area (Å²) >= 11 is 5.90. The van der Waals surface area contributed by atoms with Crippen LogP contribution in [0.3, 0.4) is 0 Å². The fourth-order valence-corrected chi connectivity index (χ4v) is 1.47. The molecule has 1 heterocycles. The van der Waals surface area contributed by atoms with E-state index in [9.17, 15) is 0 Å². The predicted molar refractivity (Wildman–Crippen MR) is 60.6 cm³/mol. The van der Waals surface area contributed by atoms with Gasteiger partial charge in [-0.2, -0.15) is 5.10 Å². The fraction of sp³-hybridized carbons (Fsp3) is 0.200. The molecule has 0 aliphatic heterocycles. The van der Waals surface area contributed by atoms with Gasteiger partial charge in [-0.25, -0.2) is 4.98 Å². The summed E-state index contributed by atoms with van der Waals surface area (Å²) in [5, 5.41) is 4.88. The van der Waals surface area contributed by atoms with Gasteiger partial charge in [0.05, 0.1) is 0 Å². The number of hydrogen-bond acceptors (Lipinski definition) is 3. The number of nitrogens with two attached hydrogens (primary N) is 1. The molecule has 0 saturated heterocycles. The Morgan fingerprint density at radius 1 is 1.40 bits per heavy atom. The molecule has 0 aliphatic rings. The Hall–Kier alpha value is -1.55. The van der Waals surface area contributed by atoms with Crippen molar-refractivity contribution in [3.8, 4) is 11.4 Å². The molecule has 0 saturated carbocycles. The van der Waals surface area contributed by atoms with Gasteiger partial charge in [0.15, 0.2) is 5.82 Å². The van der Waals surface area contributed by atoms with Crippen LogP contribution < -0.4 is 5.73 Å². The second kappa shape index (κ2) is 3.55. The molecular formula is C10H11ClN4. The molecule has 4 nitrogen and oxygen atoms in total. The molecule has 1 aromatic heterocycles. The van der Waals surface area contributed by atoms with Crippen LogP contribution in [0.5, 0.6) is 0 Å². The predicted octanol–water partition coefficient (Wildman–Crippen LogP) is 2.03. The minimum absolute atomic E-state index is 0.606. The molecule has 0 bridgehead atoms. The zero-order chi connectivity index (χ0) is 11.0. The highest BCUT2D eigenvalue weighted by Gasteiger charge is 2.09. The van der Waals surface area contributed by atoms with E-state index >= 15 is 0 Å². The highest BCUT2D eigenvalue weighted by Crippen LogP contribution is 2.26. The molecule has 0 aliphatic carbocycles. The zero-order valence-electron chi connectivity index (χ0n) is 8.53. The summed E-state index contributed by atoms with van der Waals surface area (Å²) in [6.45, 7) is 1.89. The smallest absolute Gasteiger partial charge is 0.183 e. The lowest BCUT2D eigenvalue weighted by Gasteiger charge is -2.01. The van der Waals surface area contributed by atoms with Crippen LogP contribution >= 0.6 is 11.6 Å². The van der Waals surface area contributed by atoms with Crippen LogP contribution in [0.15, 0.2) is 18.2 Å². The van der Waals surface area contributed by atoms with E-state index in [-0.39, 0.29) is 0 Å². The molecule has 0 amide bonds. The van der Waals surface area contributed by atoms with Crippen LogP contribution in [-0.4, -0.2) is 14.8 Å². The van der Waals surface area contributed by atoms with Crippen molar-refractivity contribution in [2.45, 2.75) is 6.92 Å². The van der Waals surface area contributed by atoms with Crippen molar-refractivity contribution in [3.63, 3.8) is 0 Å². The van der Waals surface area contributed by atoms with Crippen molar-refractivity contribution in [2.24, 2.45) is 7.05 Å². The molecule has 0 radical (unpaired) electrons. The monoisotopic (exact) mass is 222 g/mol. The highest BCUT2D eigenvalue weighted by atomic mass is 35.5. The minimum atomic E-state index is 0.606. The van der Waals surface area contributed by atoms with Crippen LogP contribution in [0.1, 0.15) is 5.82 Å². The summed E-state index contributed by atoms with van der Waals surface area (Å²) in [6, 6.07) is 5.27. The third-order valence-electron chi connectivity index (χ3n) is 2.24. The first kappa shape index (κ1) is 9.98. The number of aryl methyl sites for hydroxylation is 2. The molecule has 15 heavy (non-hydrogen) atoms. The lowest BCUT2D eigenvalue weighted by molar-refractivity contribution is 0.736. The lowest BCUT2D eigenvalue weighted by atomic mass is 10.2. The SMILES string of the molecule is Cc1nc(-c2cc(Cl)ccc2N)nn1C. The molecule has 0 fully saturated rings. The molecule has 0 spiro atoms. The second-order valence-corrected chi connectivity index (χ2v) is 3.77. The van der Waals surface area contributed by atoms with E-state index in [1.807, 2.05) is 14.0 Å². The van der Waals surface area contributed by atoms with Crippen molar-refractivity contribution in [3.05, 3.63) is 29.0 Å². The maximum atomic E-state index is 5.90. The Kier molecular flexibility index (Phi) is 2.36. The van der Waals surface area contributed by atoms with Crippen molar-refractivity contribution >= 4 is 17.3 Å². The quantitative estimate of drug-likeness (QED) is 0.752. The first-order valence-corrected chi connectivity index (χ1v) is 4.89. The van der Waals surface area contributed by atoms with Gasteiger partial charge in [-0.1, -0.05) is 11.6 Å². The molecule has 2 aromatic rings. The average Bonchev–Trinajstić information content (AvgIpc) is 2.51. The van der Waals surface area contributed by atoms with Crippen LogP contribution in [0.2, 0.25) is 5.02 Å². The first-order chi connectivity index (χ1) is 7.08. The summed E-state index contributed by atoms with van der Waals surface area (Å²) in [4.78, 5) is 4.30. The van der Waals surface area contributed by atoms with Crippen molar-refractivity contribution < 1.29 is 0 Å². The van der Waals surface area contributed by atoms with Gasteiger partial charge in [-0.05, 0) is 25.1 Å². The number of hydrogen-bond donors (Lipinski definition) is 1. The molecular weight excluding hydrogens is 212 g/mol. The Bertz CT molecular complexity index is 485. The maximum Gasteiger partial charge on any atom is 0.183 e. The summed E-state index contributed by atoms with van der Waals surface area (Å²) < 4.78 is 1.70. The van der Waals surface area contributed by atoms with E-state index in [4.69, 9.17) is 17.3 Å². The van der Waals surface area contributed by atoms with Gasteiger partial charge in [-0.3, -0.25) is 4.68 Å². The fourth-order valence-electron chi connectivity index (χ4n) is 1.30. The van der Waals surface area contributed by atoms with E-state index < -0.39 is 0 Å². The number of rotatable bonds is 1. The van der Waals surface area contributed by atoms with E-state index in [2.05, 4.69) is 10.1 Å². The van der Waals surface area contributed by atoms with Gasteiger partial charge in [0.25, 0.3) is 0 Å². The van der Waals surface area contributed by atoms with E-state index in [1.165, 1.54) is 0 Å². The number of aromatic nitrogens is 3. The van der Waals surface area contributed by atoms with Gasteiger partial charge in [-0.15, -0.1) is 0 Å². The first-order valence-electron chi connectivity index (χ1n) is 4.51. The third kappa shape index (κ3) is 1.80. The average molecular weight is 223 g/mol. The van der Waals surface area contributed by atoms with E-state index in [1.54, 1.807) is 22.9 Å². The second-order valence-electron chi connectivity index (χ2n) is 3.34. The van der Waals surface area contributed by atoms with Crippen LogP contribution in [0.25, 0.3) is 11.4 Å². The number of nitrogens with zero attached hydrogens (tertiary/aromatic N) is 3. The normalized spacial score (nSPS) is 10.6. The number of nitrogen functional groups attached to an aromatic ring is 1. The Balaban J connectivity index is 2.58. The van der Waals surface area contributed by atoms with Crippen molar-refractivity contribution in [2.75, 3.05) is 5.73 Å². The van der Waals surface area contributed by atoms with Gasteiger partial charge >= 0.3 is 0 Å². The molecule has 2 N–H and O–H groups in total.